The average molecular weight is 262 g/mol. The number of aliphatic hydroxyl groups excluding tert-OH is 1. The van der Waals surface area contributed by atoms with Crippen molar-refractivity contribution in [1.29, 1.82) is 5.26 Å². The van der Waals surface area contributed by atoms with Gasteiger partial charge >= 0.3 is 0 Å². The Morgan fingerprint density at radius 3 is 3.05 bits per heavy atom. The number of nitrogens with zero attached hydrogens (tertiary/aromatic N) is 2. The summed E-state index contributed by atoms with van der Waals surface area (Å²) in [6.45, 7) is 2.03. The molecule has 4 heteroatoms. The molecule has 19 heavy (non-hydrogen) atoms. The molecule has 102 valence electrons. The molecular formula is C15H19FN2O. The molecule has 1 fully saturated rings. The summed E-state index contributed by atoms with van der Waals surface area (Å²) < 4.78 is 13.3. The first-order chi connectivity index (χ1) is 9.24. The van der Waals surface area contributed by atoms with Gasteiger partial charge in [-0.25, -0.2) is 4.39 Å². The van der Waals surface area contributed by atoms with Crippen LogP contribution in [0.1, 0.15) is 36.8 Å². The fraction of sp³-hybridized carbons (Fsp3) is 0.533. The molecule has 0 aromatic heterocycles. The van der Waals surface area contributed by atoms with Gasteiger partial charge in [0.05, 0.1) is 5.56 Å². The Morgan fingerprint density at radius 1 is 1.47 bits per heavy atom. The summed E-state index contributed by atoms with van der Waals surface area (Å²) in [5.41, 5.74) is 1.09. The van der Waals surface area contributed by atoms with Gasteiger partial charge in [-0.05, 0) is 49.9 Å². The first-order valence-corrected chi connectivity index (χ1v) is 6.78. The summed E-state index contributed by atoms with van der Waals surface area (Å²) in [5, 5.41) is 17.7. The molecular weight excluding hydrogens is 243 g/mol. The predicted molar refractivity (Wildman–Crippen MR) is 70.9 cm³/mol. The minimum absolute atomic E-state index is 0.114. The third-order valence-electron chi connectivity index (χ3n) is 3.73. The van der Waals surface area contributed by atoms with E-state index in [-0.39, 0.29) is 12.2 Å². The number of likely N-dealkylation sites (tertiary alicyclic amines) is 1. The molecule has 0 aliphatic carbocycles. The fourth-order valence-electron chi connectivity index (χ4n) is 2.75. The van der Waals surface area contributed by atoms with Crippen LogP contribution in [-0.4, -0.2) is 29.2 Å². The van der Waals surface area contributed by atoms with Gasteiger partial charge in [0.2, 0.25) is 0 Å². The highest BCUT2D eigenvalue weighted by Gasteiger charge is 2.23. The zero-order chi connectivity index (χ0) is 13.7. The Morgan fingerprint density at radius 2 is 2.32 bits per heavy atom. The second kappa shape index (κ2) is 6.65. The van der Waals surface area contributed by atoms with Crippen LogP contribution in [0.15, 0.2) is 18.2 Å². The molecule has 1 N–H and O–H groups in total. The smallest absolute Gasteiger partial charge is 0.140 e. The summed E-state index contributed by atoms with van der Waals surface area (Å²) in [5.74, 6) is -0.454. The van der Waals surface area contributed by atoms with E-state index < -0.39 is 5.82 Å². The number of aliphatic hydroxyl groups is 1. The van der Waals surface area contributed by atoms with Crippen molar-refractivity contribution < 1.29 is 9.50 Å². The lowest BCUT2D eigenvalue weighted by Crippen LogP contribution is -2.29. The summed E-state index contributed by atoms with van der Waals surface area (Å²) in [7, 11) is 0. The highest BCUT2D eigenvalue weighted by Crippen LogP contribution is 2.24. The molecule has 1 heterocycles. The van der Waals surface area contributed by atoms with E-state index in [4.69, 9.17) is 10.4 Å². The van der Waals surface area contributed by atoms with Gasteiger partial charge in [-0.2, -0.15) is 5.26 Å². The van der Waals surface area contributed by atoms with Crippen molar-refractivity contribution in [3.63, 3.8) is 0 Å². The van der Waals surface area contributed by atoms with Crippen LogP contribution < -0.4 is 0 Å². The largest absolute Gasteiger partial charge is 0.396 e. The fourth-order valence-corrected chi connectivity index (χ4v) is 2.75. The molecule has 2 rings (SSSR count). The van der Waals surface area contributed by atoms with Crippen LogP contribution in [0.25, 0.3) is 0 Å². The maximum absolute atomic E-state index is 13.3. The van der Waals surface area contributed by atoms with E-state index in [1.807, 2.05) is 6.07 Å². The molecule has 0 bridgehead atoms. The zero-order valence-corrected chi connectivity index (χ0v) is 11.0. The maximum Gasteiger partial charge on any atom is 0.140 e. The van der Waals surface area contributed by atoms with Crippen LogP contribution in [0.4, 0.5) is 4.39 Å². The highest BCUT2D eigenvalue weighted by atomic mass is 19.1. The van der Waals surface area contributed by atoms with Crippen molar-refractivity contribution in [3.8, 4) is 6.07 Å². The Balaban J connectivity index is 2.02. The second-order valence-electron chi connectivity index (χ2n) is 5.06. The van der Waals surface area contributed by atoms with E-state index in [9.17, 15) is 4.39 Å². The van der Waals surface area contributed by atoms with Crippen molar-refractivity contribution in [3.05, 3.63) is 35.1 Å². The molecule has 1 aliphatic heterocycles. The molecule has 1 unspecified atom stereocenters. The second-order valence-corrected chi connectivity index (χ2v) is 5.06. The van der Waals surface area contributed by atoms with Crippen molar-refractivity contribution in [2.24, 2.45) is 0 Å². The average Bonchev–Trinajstić information content (AvgIpc) is 2.86. The van der Waals surface area contributed by atoms with Crippen molar-refractivity contribution in [2.45, 2.75) is 38.3 Å². The quantitative estimate of drug-likeness (QED) is 0.886. The van der Waals surface area contributed by atoms with Gasteiger partial charge in [-0.3, -0.25) is 4.90 Å². The molecule has 1 aromatic rings. The molecule has 1 aliphatic rings. The molecule has 0 radical (unpaired) electrons. The molecule has 0 amide bonds. The standard InChI is InChI=1S/C15H19FN2O/c16-15-6-5-12(9-13(15)10-17)11-18-7-1-3-14(18)4-2-8-19/h5-6,9,14,19H,1-4,7-8,11H2. The molecule has 3 nitrogen and oxygen atoms in total. The molecule has 0 saturated carbocycles. The summed E-state index contributed by atoms with van der Waals surface area (Å²) in [6.07, 6.45) is 4.16. The zero-order valence-electron chi connectivity index (χ0n) is 11.0. The first kappa shape index (κ1) is 14.0. The topological polar surface area (TPSA) is 47.3 Å². The van der Waals surface area contributed by atoms with Crippen LogP contribution in [-0.2, 0) is 6.54 Å². The lowest BCUT2D eigenvalue weighted by atomic mass is 10.1. The van der Waals surface area contributed by atoms with Crippen LogP contribution in [0.5, 0.6) is 0 Å². The van der Waals surface area contributed by atoms with Crippen LogP contribution in [0.2, 0.25) is 0 Å². The highest BCUT2D eigenvalue weighted by molar-refractivity contribution is 5.34. The van der Waals surface area contributed by atoms with Gasteiger partial charge in [-0.1, -0.05) is 6.07 Å². The van der Waals surface area contributed by atoms with Crippen LogP contribution in [0, 0.1) is 17.1 Å². The van der Waals surface area contributed by atoms with E-state index >= 15 is 0 Å². The number of hydrogen-bond acceptors (Lipinski definition) is 3. The number of hydrogen-bond donors (Lipinski definition) is 1. The van der Waals surface area contributed by atoms with Crippen LogP contribution in [0.3, 0.4) is 0 Å². The van der Waals surface area contributed by atoms with Crippen molar-refractivity contribution in [2.75, 3.05) is 13.2 Å². The third kappa shape index (κ3) is 3.52. The number of benzene rings is 1. The molecule has 1 atom stereocenters. The van der Waals surface area contributed by atoms with Gasteiger partial charge in [-0.15, -0.1) is 0 Å². The van der Waals surface area contributed by atoms with Gasteiger partial charge < -0.3 is 5.11 Å². The van der Waals surface area contributed by atoms with E-state index in [0.717, 1.165) is 37.9 Å². The van der Waals surface area contributed by atoms with E-state index in [1.54, 1.807) is 12.1 Å². The van der Waals surface area contributed by atoms with Gasteiger partial charge in [0.15, 0.2) is 0 Å². The molecule has 1 saturated heterocycles. The summed E-state index contributed by atoms with van der Waals surface area (Å²) in [6, 6.07) is 7.13. The van der Waals surface area contributed by atoms with E-state index in [2.05, 4.69) is 4.90 Å². The Bertz CT molecular complexity index is 470. The van der Waals surface area contributed by atoms with E-state index in [0.29, 0.717) is 6.04 Å². The van der Waals surface area contributed by atoms with Gasteiger partial charge in [0, 0.05) is 19.2 Å². The Kier molecular flexibility index (Phi) is 4.89. The van der Waals surface area contributed by atoms with Crippen LogP contribution >= 0.6 is 0 Å². The maximum atomic E-state index is 13.3. The summed E-state index contributed by atoms with van der Waals surface area (Å²) >= 11 is 0. The number of halogens is 1. The minimum Gasteiger partial charge on any atom is -0.396 e. The SMILES string of the molecule is N#Cc1cc(CN2CCCC2CCCO)ccc1F. The lowest BCUT2D eigenvalue weighted by Gasteiger charge is -2.24. The monoisotopic (exact) mass is 262 g/mol. The van der Waals surface area contributed by atoms with Crippen molar-refractivity contribution >= 4 is 0 Å². The molecule has 0 spiro atoms. The lowest BCUT2D eigenvalue weighted by molar-refractivity contribution is 0.210. The van der Waals surface area contributed by atoms with Gasteiger partial charge in [0.25, 0.3) is 0 Å². The van der Waals surface area contributed by atoms with Gasteiger partial charge in [0.1, 0.15) is 11.9 Å². The summed E-state index contributed by atoms with van der Waals surface area (Å²) in [4.78, 5) is 2.37. The first-order valence-electron chi connectivity index (χ1n) is 6.78. The normalized spacial score (nSPS) is 19.5. The third-order valence-corrected chi connectivity index (χ3v) is 3.73. The number of rotatable bonds is 5. The Labute approximate surface area is 113 Å². The number of nitriles is 1. The Hall–Kier alpha value is -1.44. The predicted octanol–water partition coefficient (Wildman–Crippen LogP) is 2.43. The van der Waals surface area contributed by atoms with E-state index in [1.165, 1.54) is 12.5 Å². The molecule has 1 aromatic carbocycles. The van der Waals surface area contributed by atoms with Crippen molar-refractivity contribution in [1.82, 2.24) is 4.90 Å². The minimum atomic E-state index is -0.454.